The molecule has 0 unspecified atom stereocenters. The molecule has 0 heterocycles. The van der Waals surface area contributed by atoms with E-state index in [2.05, 4.69) is 31.3 Å². The number of hydrogen-bond donors (Lipinski definition) is 1. The largest absolute Gasteiger partial charge is 0.322 e. The number of benzene rings is 2. The van der Waals surface area contributed by atoms with E-state index in [0.29, 0.717) is 5.02 Å². The van der Waals surface area contributed by atoms with E-state index in [1.807, 2.05) is 30.3 Å². The van der Waals surface area contributed by atoms with Gasteiger partial charge in [-0.05, 0) is 47.7 Å². The zero-order chi connectivity index (χ0) is 15.9. The average Bonchev–Trinajstić information content (AvgIpc) is 2.53. The Hall–Kier alpha value is -2.06. The Kier molecular flexibility index (Phi) is 5.79. The summed E-state index contributed by atoms with van der Waals surface area (Å²) in [5.41, 5.74) is 4.16. The van der Waals surface area contributed by atoms with E-state index in [0.717, 1.165) is 35.2 Å². The monoisotopic (exact) mass is 313 g/mol. The summed E-state index contributed by atoms with van der Waals surface area (Å²) in [4.78, 5) is 12.2. The number of amides is 1. The van der Waals surface area contributed by atoms with Crippen LogP contribution in [0.1, 0.15) is 30.5 Å². The van der Waals surface area contributed by atoms with Crippen LogP contribution in [0.15, 0.2) is 48.5 Å². The van der Waals surface area contributed by atoms with E-state index in [-0.39, 0.29) is 5.91 Å². The van der Waals surface area contributed by atoms with E-state index in [9.17, 15) is 4.79 Å². The number of para-hydroxylation sites is 1. The van der Waals surface area contributed by atoms with E-state index in [4.69, 9.17) is 11.6 Å². The van der Waals surface area contributed by atoms with Gasteiger partial charge in [-0.25, -0.2) is 0 Å². The summed E-state index contributed by atoms with van der Waals surface area (Å²) >= 11 is 5.93. The lowest BCUT2D eigenvalue weighted by Crippen LogP contribution is -2.11. The van der Waals surface area contributed by atoms with Gasteiger partial charge in [-0.1, -0.05) is 55.8 Å². The molecular formula is C19H20ClNO. The second kappa shape index (κ2) is 7.81. The van der Waals surface area contributed by atoms with Gasteiger partial charge >= 0.3 is 0 Å². The molecule has 3 heteroatoms. The number of halogens is 1. The third-order valence-electron chi connectivity index (χ3n) is 3.52. The van der Waals surface area contributed by atoms with Crippen LogP contribution in [0.3, 0.4) is 0 Å². The minimum Gasteiger partial charge on any atom is -0.322 e. The average molecular weight is 314 g/mol. The van der Waals surface area contributed by atoms with Crippen molar-refractivity contribution in [2.24, 2.45) is 0 Å². The molecule has 2 aromatic carbocycles. The molecule has 1 N–H and O–H groups in total. The predicted molar refractivity (Wildman–Crippen MR) is 94.3 cm³/mol. The summed E-state index contributed by atoms with van der Waals surface area (Å²) in [6.07, 6.45) is 5.09. The van der Waals surface area contributed by atoms with Crippen molar-refractivity contribution in [1.82, 2.24) is 0 Å². The molecule has 0 fully saturated rings. The number of carbonyl (C=O) groups excluding carboxylic acids is 1. The number of nitrogens with one attached hydrogen (secondary N) is 1. The molecule has 2 aromatic rings. The van der Waals surface area contributed by atoms with Gasteiger partial charge in [0, 0.05) is 16.8 Å². The van der Waals surface area contributed by atoms with Crippen molar-refractivity contribution in [3.05, 3.63) is 70.3 Å². The van der Waals surface area contributed by atoms with Crippen molar-refractivity contribution >= 4 is 29.3 Å². The second-order valence-electron chi connectivity index (χ2n) is 5.04. The first-order valence-electron chi connectivity index (χ1n) is 7.49. The quantitative estimate of drug-likeness (QED) is 0.763. The molecule has 0 aromatic heterocycles. The van der Waals surface area contributed by atoms with Crippen molar-refractivity contribution < 1.29 is 4.79 Å². The van der Waals surface area contributed by atoms with Gasteiger partial charge in [0.2, 0.25) is 5.91 Å². The molecule has 0 aliphatic heterocycles. The molecule has 1 amide bonds. The van der Waals surface area contributed by atoms with Crippen LogP contribution in [0, 0.1) is 0 Å². The van der Waals surface area contributed by atoms with Crippen LogP contribution in [0.5, 0.6) is 0 Å². The van der Waals surface area contributed by atoms with E-state index in [1.54, 1.807) is 6.08 Å². The third kappa shape index (κ3) is 4.22. The number of hydrogen-bond acceptors (Lipinski definition) is 1. The van der Waals surface area contributed by atoms with Gasteiger partial charge in [0.15, 0.2) is 0 Å². The fourth-order valence-electron chi connectivity index (χ4n) is 2.35. The van der Waals surface area contributed by atoms with Gasteiger partial charge in [0.25, 0.3) is 0 Å². The maximum Gasteiger partial charge on any atom is 0.248 e. The Balaban J connectivity index is 2.15. The molecule has 0 aliphatic carbocycles. The van der Waals surface area contributed by atoms with Gasteiger partial charge in [-0.2, -0.15) is 0 Å². The van der Waals surface area contributed by atoms with Crippen LogP contribution < -0.4 is 5.32 Å². The maximum absolute atomic E-state index is 12.2. The molecule has 0 saturated heterocycles. The molecule has 22 heavy (non-hydrogen) atoms. The summed E-state index contributed by atoms with van der Waals surface area (Å²) in [6.45, 7) is 4.18. The Morgan fingerprint density at radius 3 is 2.32 bits per heavy atom. The van der Waals surface area contributed by atoms with Crippen LogP contribution >= 0.6 is 11.6 Å². The molecule has 0 aliphatic rings. The van der Waals surface area contributed by atoms with Crippen LogP contribution in [-0.4, -0.2) is 5.91 Å². The van der Waals surface area contributed by atoms with Gasteiger partial charge in [0.05, 0.1) is 0 Å². The van der Waals surface area contributed by atoms with Gasteiger partial charge < -0.3 is 5.32 Å². The third-order valence-corrected chi connectivity index (χ3v) is 3.76. The Morgan fingerprint density at radius 1 is 1.09 bits per heavy atom. The smallest absolute Gasteiger partial charge is 0.248 e. The van der Waals surface area contributed by atoms with Gasteiger partial charge in [0.1, 0.15) is 0 Å². The molecule has 0 radical (unpaired) electrons. The Bertz CT molecular complexity index is 669. The molecule has 0 spiro atoms. The van der Waals surface area contributed by atoms with E-state index in [1.165, 1.54) is 6.08 Å². The minimum atomic E-state index is -0.129. The number of carbonyl (C=O) groups is 1. The van der Waals surface area contributed by atoms with E-state index >= 15 is 0 Å². The highest BCUT2D eigenvalue weighted by Gasteiger charge is 2.08. The van der Waals surface area contributed by atoms with E-state index < -0.39 is 0 Å². The predicted octanol–water partition coefficient (Wildman–Crippen LogP) is 5.12. The summed E-state index contributed by atoms with van der Waals surface area (Å²) in [5, 5.41) is 3.67. The lowest BCUT2D eigenvalue weighted by molar-refractivity contribution is -0.111. The number of rotatable bonds is 5. The lowest BCUT2D eigenvalue weighted by Gasteiger charge is -2.13. The maximum atomic E-state index is 12.2. The molecule has 2 rings (SSSR count). The standard InChI is InChI=1S/C19H20ClNO/c1-3-15-8-6-9-16(4-2)19(15)21-18(22)12-11-14-7-5-10-17(20)13-14/h5-13H,3-4H2,1-2H3,(H,21,22)/b12-11+. The van der Waals surface area contributed by atoms with Gasteiger partial charge in [-0.15, -0.1) is 0 Å². The number of aryl methyl sites for hydroxylation is 2. The number of anilines is 1. The molecule has 0 bridgehead atoms. The molecular weight excluding hydrogens is 294 g/mol. The van der Waals surface area contributed by atoms with Gasteiger partial charge in [-0.3, -0.25) is 4.79 Å². The molecule has 0 saturated carbocycles. The van der Waals surface area contributed by atoms with Crippen LogP contribution in [0.4, 0.5) is 5.69 Å². The first-order chi connectivity index (χ1) is 10.6. The fraction of sp³-hybridized carbons (Fsp3) is 0.211. The van der Waals surface area contributed by atoms with Crippen LogP contribution in [0.25, 0.3) is 6.08 Å². The Morgan fingerprint density at radius 2 is 1.73 bits per heavy atom. The zero-order valence-corrected chi connectivity index (χ0v) is 13.7. The zero-order valence-electron chi connectivity index (χ0n) is 12.9. The molecule has 2 nitrogen and oxygen atoms in total. The lowest BCUT2D eigenvalue weighted by atomic mass is 10.0. The SMILES string of the molecule is CCc1cccc(CC)c1NC(=O)/C=C/c1cccc(Cl)c1. The highest BCUT2D eigenvalue weighted by atomic mass is 35.5. The Labute approximate surface area is 136 Å². The molecule has 114 valence electrons. The first-order valence-corrected chi connectivity index (χ1v) is 7.87. The van der Waals surface area contributed by atoms with Crippen molar-refractivity contribution in [3.8, 4) is 0 Å². The topological polar surface area (TPSA) is 29.1 Å². The minimum absolute atomic E-state index is 0.129. The van der Waals surface area contributed by atoms with Crippen molar-refractivity contribution in [2.45, 2.75) is 26.7 Å². The normalized spacial score (nSPS) is 10.9. The summed E-state index contributed by atoms with van der Waals surface area (Å²) < 4.78 is 0. The van der Waals surface area contributed by atoms with Crippen molar-refractivity contribution in [1.29, 1.82) is 0 Å². The summed E-state index contributed by atoms with van der Waals surface area (Å²) in [5.74, 6) is -0.129. The summed E-state index contributed by atoms with van der Waals surface area (Å²) in [6, 6.07) is 13.5. The van der Waals surface area contributed by atoms with Crippen LogP contribution in [-0.2, 0) is 17.6 Å². The fourth-order valence-corrected chi connectivity index (χ4v) is 2.55. The van der Waals surface area contributed by atoms with Crippen LogP contribution in [0.2, 0.25) is 5.02 Å². The molecule has 0 atom stereocenters. The van der Waals surface area contributed by atoms with Crippen molar-refractivity contribution in [3.63, 3.8) is 0 Å². The summed E-state index contributed by atoms with van der Waals surface area (Å²) in [7, 11) is 0. The highest BCUT2D eigenvalue weighted by molar-refractivity contribution is 6.30. The first kappa shape index (κ1) is 16.3. The van der Waals surface area contributed by atoms with Crippen molar-refractivity contribution in [2.75, 3.05) is 5.32 Å². The second-order valence-corrected chi connectivity index (χ2v) is 5.47. The highest BCUT2D eigenvalue weighted by Crippen LogP contribution is 2.22.